The number of aryl methyl sites for hydroxylation is 2. The van der Waals surface area contributed by atoms with E-state index < -0.39 is 4.92 Å². The van der Waals surface area contributed by atoms with Gasteiger partial charge in [0, 0.05) is 25.2 Å². The maximum atomic E-state index is 12.4. The maximum absolute atomic E-state index is 12.4. The highest BCUT2D eigenvalue weighted by atomic mass is 16.6. The summed E-state index contributed by atoms with van der Waals surface area (Å²) in [5.41, 5.74) is 3.18. The summed E-state index contributed by atoms with van der Waals surface area (Å²) in [6.45, 7) is 6.03. The van der Waals surface area contributed by atoms with Crippen molar-refractivity contribution in [3.05, 3.63) is 57.6 Å². The molecule has 28 heavy (non-hydrogen) atoms. The summed E-state index contributed by atoms with van der Waals surface area (Å²) in [5.74, 6) is 0.321. The molecule has 1 saturated heterocycles. The van der Waals surface area contributed by atoms with Crippen LogP contribution < -0.4 is 15.0 Å². The van der Waals surface area contributed by atoms with Gasteiger partial charge in [-0.3, -0.25) is 14.9 Å². The van der Waals surface area contributed by atoms with Crippen LogP contribution in [0.4, 0.5) is 17.1 Å². The van der Waals surface area contributed by atoms with E-state index in [2.05, 4.69) is 5.32 Å². The lowest BCUT2D eigenvalue weighted by Crippen LogP contribution is -2.37. The molecular weight excluding hydrogens is 362 g/mol. The minimum Gasteiger partial charge on any atom is -0.483 e. The Bertz CT molecular complexity index is 878. The molecule has 0 bridgehead atoms. The molecule has 1 N–H and O–H groups in total. The Morgan fingerprint density at radius 3 is 2.64 bits per heavy atom. The zero-order valence-electron chi connectivity index (χ0n) is 15.9. The van der Waals surface area contributed by atoms with E-state index in [9.17, 15) is 14.9 Å². The largest absolute Gasteiger partial charge is 0.483 e. The Balaban J connectivity index is 1.72. The highest BCUT2D eigenvalue weighted by molar-refractivity contribution is 5.95. The lowest BCUT2D eigenvalue weighted by molar-refractivity contribution is -0.384. The third-order valence-electron chi connectivity index (χ3n) is 4.51. The van der Waals surface area contributed by atoms with Crippen LogP contribution >= 0.6 is 0 Å². The van der Waals surface area contributed by atoms with Crippen molar-refractivity contribution in [2.45, 2.75) is 13.8 Å². The van der Waals surface area contributed by atoms with E-state index >= 15 is 0 Å². The van der Waals surface area contributed by atoms with Gasteiger partial charge >= 0.3 is 0 Å². The van der Waals surface area contributed by atoms with Gasteiger partial charge in [-0.1, -0.05) is 17.7 Å². The van der Waals surface area contributed by atoms with Crippen LogP contribution in [0.25, 0.3) is 0 Å². The quantitative estimate of drug-likeness (QED) is 0.607. The number of carbonyl (C=O) groups is 1. The molecule has 0 radical (unpaired) electrons. The minimum absolute atomic E-state index is 0.0222. The Morgan fingerprint density at radius 2 is 1.96 bits per heavy atom. The van der Waals surface area contributed by atoms with Crippen LogP contribution in [-0.2, 0) is 9.53 Å². The van der Waals surface area contributed by atoms with E-state index in [4.69, 9.17) is 9.47 Å². The average molecular weight is 385 g/mol. The van der Waals surface area contributed by atoms with E-state index in [1.807, 2.05) is 36.9 Å². The number of anilines is 2. The van der Waals surface area contributed by atoms with Crippen molar-refractivity contribution in [2.75, 3.05) is 43.1 Å². The first kappa shape index (κ1) is 19.6. The second-order valence-corrected chi connectivity index (χ2v) is 6.66. The summed E-state index contributed by atoms with van der Waals surface area (Å²) in [5, 5.41) is 13.9. The molecule has 1 fully saturated rings. The fraction of sp³-hybridized carbons (Fsp3) is 0.350. The van der Waals surface area contributed by atoms with Crippen LogP contribution in [0.3, 0.4) is 0 Å². The molecule has 2 aromatic rings. The van der Waals surface area contributed by atoms with Crippen LogP contribution in [0.15, 0.2) is 36.4 Å². The van der Waals surface area contributed by atoms with Crippen molar-refractivity contribution in [3.63, 3.8) is 0 Å². The number of hydrogen-bond donors (Lipinski definition) is 1. The van der Waals surface area contributed by atoms with Gasteiger partial charge < -0.3 is 19.7 Å². The van der Waals surface area contributed by atoms with E-state index in [0.717, 1.165) is 11.1 Å². The molecule has 8 heteroatoms. The van der Waals surface area contributed by atoms with Crippen LogP contribution in [0, 0.1) is 24.0 Å². The number of rotatable bonds is 6. The number of hydrogen-bond acceptors (Lipinski definition) is 6. The zero-order chi connectivity index (χ0) is 20.1. The number of nitrogens with zero attached hydrogens (tertiary/aromatic N) is 2. The molecule has 0 atom stereocenters. The van der Waals surface area contributed by atoms with Gasteiger partial charge in [0.05, 0.1) is 29.5 Å². The molecule has 0 unspecified atom stereocenters. The molecule has 0 spiro atoms. The van der Waals surface area contributed by atoms with Crippen molar-refractivity contribution < 1.29 is 19.2 Å². The lowest BCUT2D eigenvalue weighted by Gasteiger charge is -2.30. The van der Waals surface area contributed by atoms with Gasteiger partial charge in [-0.2, -0.15) is 0 Å². The molecule has 0 aliphatic carbocycles. The number of benzene rings is 2. The Hall–Kier alpha value is -3.13. The summed E-state index contributed by atoms with van der Waals surface area (Å²) >= 11 is 0. The van der Waals surface area contributed by atoms with Crippen molar-refractivity contribution in [3.8, 4) is 5.75 Å². The summed E-state index contributed by atoms with van der Waals surface area (Å²) in [6, 6.07) is 10.2. The lowest BCUT2D eigenvalue weighted by atomic mass is 10.1. The predicted octanol–water partition coefficient (Wildman–Crippen LogP) is 3.07. The number of amides is 1. The van der Waals surface area contributed by atoms with E-state index in [1.165, 1.54) is 12.1 Å². The second kappa shape index (κ2) is 8.71. The molecule has 1 heterocycles. The first-order valence-corrected chi connectivity index (χ1v) is 9.05. The zero-order valence-corrected chi connectivity index (χ0v) is 15.9. The monoisotopic (exact) mass is 385 g/mol. The van der Waals surface area contributed by atoms with E-state index in [1.54, 1.807) is 6.07 Å². The number of ether oxygens (including phenoxy) is 2. The third-order valence-corrected chi connectivity index (χ3v) is 4.51. The molecule has 0 saturated carbocycles. The normalized spacial score (nSPS) is 13.9. The number of nitro benzene ring substituents is 1. The summed E-state index contributed by atoms with van der Waals surface area (Å²) in [7, 11) is 0. The summed E-state index contributed by atoms with van der Waals surface area (Å²) in [6.07, 6.45) is 0. The molecule has 1 aliphatic heterocycles. The molecular formula is C20H23N3O5. The van der Waals surface area contributed by atoms with Gasteiger partial charge in [0.1, 0.15) is 5.75 Å². The van der Waals surface area contributed by atoms with E-state index in [0.29, 0.717) is 43.4 Å². The molecule has 2 aromatic carbocycles. The van der Waals surface area contributed by atoms with Crippen molar-refractivity contribution in [1.82, 2.24) is 0 Å². The summed E-state index contributed by atoms with van der Waals surface area (Å²) < 4.78 is 11.0. The van der Waals surface area contributed by atoms with Gasteiger partial charge in [-0.05, 0) is 31.5 Å². The molecule has 0 aromatic heterocycles. The number of nitrogens with one attached hydrogen (secondary N) is 1. The number of nitro groups is 1. The standard InChI is InChI=1S/C20H23N3O5/c1-14-3-6-19(15(2)11-14)28-13-20(24)21-17-5-4-16(23(25)26)12-18(17)22-7-9-27-10-8-22/h3-6,11-12H,7-10,13H2,1-2H3,(H,21,24). The predicted molar refractivity (Wildman–Crippen MR) is 106 cm³/mol. The van der Waals surface area contributed by atoms with Crippen LogP contribution in [0.2, 0.25) is 0 Å². The first-order valence-electron chi connectivity index (χ1n) is 9.05. The topological polar surface area (TPSA) is 93.9 Å². The van der Waals surface area contributed by atoms with Gasteiger partial charge in [0.15, 0.2) is 6.61 Å². The molecule has 8 nitrogen and oxygen atoms in total. The van der Waals surface area contributed by atoms with Gasteiger partial charge in [0.25, 0.3) is 11.6 Å². The van der Waals surface area contributed by atoms with Crippen molar-refractivity contribution >= 4 is 23.0 Å². The molecule has 3 rings (SSSR count). The third kappa shape index (κ3) is 4.77. The second-order valence-electron chi connectivity index (χ2n) is 6.66. The average Bonchev–Trinajstić information content (AvgIpc) is 2.68. The van der Waals surface area contributed by atoms with Gasteiger partial charge in [-0.25, -0.2) is 0 Å². The number of morpholine rings is 1. The molecule has 1 amide bonds. The maximum Gasteiger partial charge on any atom is 0.271 e. The van der Waals surface area contributed by atoms with Gasteiger partial charge in [-0.15, -0.1) is 0 Å². The SMILES string of the molecule is Cc1ccc(OCC(=O)Nc2ccc([N+](=O)[O-])cc2N2CCOCC2)c(C)c1. The van der Waals surface area contributed by atoms with Crippen LogP contribution in [0.5, 0.6) is 5.75 Å². The van der Waals surface area contributed by atoms with Gasteiger partial charge in [0.2, 0.25) is 0 Å². The Morgan fingerprint density at radius 1 is 1.21 bits per heavy atom. The minimum atomic E-state index is -0.446. The highest BCUT2D eigenvalue weighted by Gasteiger charge is 2.20. The van der Waals surface area contributed by atoms with Crippen LogP contribution in [0.1, 0.15) is 11.1 Å². The Labute approximate surface area is 163 Å². The first-order chi connectivity index (χ1) is 13.4. The van der Waals surface area contributed by atoms with E-state index in [-0.39, 0.29) is 18.2 Å². The van der Waals surface area contributed by atoms with Crippen LogP contribution in [-0.4, -0.2) is 43.7 Å². The fourth-order valence-electron chi connectivity index (χ4n) is 3.10. The van der Waals surface area contributed by atoms with Crippen molar-refractivity contribution in [2.24, 2.45) is 0 Å². The number of non-ortho nitro benzene ring substituents is 1. The smallest absolute Gasteiger partial charge is 0.271 e. The molecule has 1 aliphatic rings. The number of carbonyl (C=O) groups excluding carboxylic acids is 1. The Kier molecular flexibility index (Phi) is 6.10. The van der Waals surface area contributed by atoms with Crippen molar-refractivity contribution in [1.29, 1.82) is 0 Å². The fourth-order valence-corrected chi connectivity index (χ4v) is 3.10. The summed E-state index contributed by atoms with van der Waals surface area (Å²) in [4.78, 5) is 25.1. The molecule has 148 valence electrons. The highest BCUT2D eigenvalue weighted by Crippen LogP contribution is 2.31.